The van der Waals surface area contributed by atoms with E-state index in [9.17, 15) is 8.78 Å². The zero-order valence-corrected chi connectivity index (χ0v) is 14.9. The van der Waals surface area contributed by atoms with Crippen LogP contribution in [0.1, 0.15) is 76.7 Å². The van der Waals surface area contributed by atoms with Gasteiger partial charge in [0.25, 0.3) is 0 Å². The summed E-state index contributed by atoms with van der Waals surface area (Å²) in [4.78, 5) is 3.29. The molecule has 3 heteroatoms. The van der Waals surface area contributed by atoms with Crippen molar-refractivity contribution in [2.24, 2.45) is 23.7 Å². The van der Waals surface area contributed by atoms with Crippen molar-refractivity contribution in [3.05, 3.63) is 29.6 Å². The molecule has 0 spiro atoms. The third kappa shape index (κ3) is 4.55. The minimum absolute atomic E-state index is 0.566. The van der Waals surface area contributed by atoms with Crippen molar-refractivity contribution < 1.29 is 8.78 Å². The van der Waals surface area contributed by atoms with Crippen molar-refractivity contribution in [3.63, 3.8) is 0 Å². The van der Waals surface area contributed by atoms with Crippen LogP contribution >= 0.6 is 0 Å². The topological polar surface area (TPSA) is 12.9 Å². The van der Waals surface area contributed by atoms with Crippen LogP contribution in [0.2, 0.25) is 0 Å². The van der Waals surface area contributed by atoms with Crippen LogP contribution in [0.4, 0.5) is 8.78 Å². The van der Waals surface area contributed by atoms with Crippen molar-refractivity contribution in [2.45, 2.75) is 77.6 Å². The van der Waals surface area contributed by atoms with Gasteiger partial charge in [0.05, 0.1) is 0 Å². The maximum atomic E-state index is 13.6. The Bertz CT molecular complexity index is 515. The van der Waals surface area contributed by atoms with E-state index in [0.717, 1.165) is 24.2 Å². The molecule has 1 nitrogen and oxygen atoms in total. The third-order valence-corrected chi connectivity index (χ3v) is 6.74. The second-order valence-corrected chi connectivity index (χ2v) is 8.09. The number of nitrogens with zero attached hydrogens (tertiary/aromatic N) is 1. The third-order valence-electron chi connectivity index (χ3n) is 6.74. The van der Waals surface area contributed by atoms with E-state index in [1.54, 1.807) is 6.07 Å². The van der Waals surface area contributed by atoms with Crippen LogP contribution in [-0.4, -0.2) is 4.98 Å². The van der Waals surface area contributed by atoms with Crippen molar-refractivity contribution in [1.82, 2.24) is 4.98 Å². The van der Waals surface area contributed by atoms with Gasteiger partial charge in [0.15, 0.2) is 0 Å². The molecular formula is C21H31F2N. The van der Waals surface area contributed by atoms with Gasteiger partial charge in [-0.05, 0) is 74.3 Å². The Morgan fingerprint density at radius 3 is 2.00 bits per heavy atom. The van der Waals surface area contributed by atoms with Gasteiger partial charge in [-0.1, -0.05) is 39.0 Å². The summed E-state index contributed by atoms with van der Waals surface area (Å²) in [5.41, 5.74) is 0.566. The fourth-order valence-electron chi connectivity index (χ4n) is 5.00. The van der Waals surface area contributed by atoms with Gasteiger partial charge in [-0.3, -0.25) is 0 Å². The molecule has 2 aliphatic carbocycles. The normalized spacial score (nSPS) is 31.1. The summed E-state index contributed by atoms with van der Waals surface area (Å²) in [6.07, 6.45) is 14.1. The number of aromatic nitrogens is 1. The molecular weight excluding hydrogens is 304 g/mol. The van der Waals surface area contributed by atoms with E-state index in [4.69, 9.17) is 0 Å². The molecule has 0 atom stereocenters. The van der Waals surface area contributed by atoms with Gasteiger partial charge in [-0.25, -0.2) is 0 Å². The van der Waals surface area contributed by atoms with Gasteiger partial charge in [-0.2, -0.15) is 13.8 Å². The van der Waals surface area contributed by atoms with E-state index >= 15 is 0 Å². The van der Waals surface area contributed by atoms with Crippen molar-refractivity contribution in [2.75, 3.05) is 0 Å². The molecule has 0 bridgehead atoms. The van der Waals surface area contributed by atoms with Gasteiger partial charge in [0.2, 0.25) is 11.9 Å². The van der Waals surface area contributed by atoms with Crippen LogP contribution in [0.15, 0.2) is 12.1 Å². The predicted octanol–water partition coefficient (Wildman–Crippen LogP) is 6.32. The molecule has 2 saturated carbocycles. The summed E-state index contributed by atoms with van der Waals surface area (Å²) in [5, 5.41) is 0. The molecule has 0 radical (unpaired) electrons. The quantitative estimate of drug-likeness (QED) is 0.574. The first-order valence-corrected chi connectivity index (χ1v) is 9.96. The molecule has 24 heavy (non-hydrogen) atoms. The van der Waals surface area contributed by atoms with Gasteiger partial charge >= 0.3 is 0 Å². The Morgan fingerprint density at radius 1 is 0.875 bits per heavy atom. The summed E-state index contributed by atoms with van der Waals surface area (Å²) in [6, 6.07) is 2.82. The minimum atomic E-state index is -0.727. The standard InChI is InChI=1S/C21H31F2N/c1-2-15-3-8-17(9-4-15)18-10-5-16(6-11-18)7-12-19-13-14-20(22)24-21(19)23/h13-18H,2-12H2,1H3/t15-,16-,17-,18-. The van der Waals surface area contributed by atoms with Crippen molar-refractivity contribution in [3.8, 4) is 0 Å². The average molecular weight is 335 g/mol. The smallest absolute Gasteiger partial charge is 0.190 e. The molecule has 1 aromatic rings. The van der Waals surface area contributed by atoms with E-state index in [-0.39, 0.29) is 0 Å². The van der Waals surface area contributed by atoms with E-state index in [0.29, 0.717) is 17.9 Å². The molecule has 2 aliphatic rings. The zero-order valence-electron chi connectivity index (χ0n) is 14.9. The van der Waals surface area contributed by atoms with Gasteiger partial charge < -0.3 is 0 Å². The highest BCUT2D eigenvalue weighted by Crippen LogP contribution is 2.42. The lowest BCUT2D eigenvalue weighted by Gasteiger charge is -2.37. The molecule has 0 N–H and O–H groups in total. The minimum Gasteiger partial charge on any atom is -0.190 e. The van der Waals surface area contributed by atoms with E-state index in [1.165, 1.54) is 63.9 Å². The largest absolute Gasteiger partial charge is 0.218 e. The molecule has 1 heterocycles. The highest BCUT2D eigenvalue weighted by molar-refractivity contribution is 5.11. The molecule has 134 valence electrons. The van der Waals surface area contributed by atoms with Gasteiger partial charge in [0.1, 0.15) is 0 Å². The molecule has 0 aliphatic heterocycles. The van der Waals surface area contributed by atoms with Crippen molar-refractivity contribution >= 4 is 0 Å². The lowest BCUT2D eigenvalue weighted by atomic mass is 9.68. The van der Waals surface area contributed by atoms with E-state index < -0.39 is 11.9 Å². The van der Waals surface area contributed by atoms with Gasteiger partial charge in [-0.15, -0.1) is 0 Å². The summed E-state index contributed by atoms with van der Waals surface area (Å²) in [5.74, 6) is 2.23. The number of hydrogen-bond acceptors (Lipinski definition) is 1. The molecule has 1 aromatic heterocycles. The van der Waals surface area contributed by atoms with Crippen LogP contribution < -0.4 is 0 Å². The molecule has 0 aromatic carbocycles. The zero-order chi connectivity index (χ0) is 16.9. The first kappa shape index (κ1) is 17.8. The maximum Gasteiger partial charge on any atom is 0.218 e. The molecule has 0 amide bonds. The number of pyridine rings is 1. The summed E-state index contributed by atoms with van der Waals surface area (Å²) in [6.45, 7) is 2.33. The number of halogens is 2. The second kappa shape index (κ2) is 8.40. The van der Waals surface area contributed by atoms with Crippen LogP contribution in [0.3, 0.4) is 0 Å². The van der Waals surface area contributed by atoms with E-state index in [1.807, 2.05) is 0 Å². The number of aryl methyl sites for hydroxylation is 1. The first-order valence-electron chi connectivity index (χ1n) is 9.96. The molecule has 0 unspecified atom stereocenters. The Labute approximate surface area is 145 Å². The highest BCUT2D eigenvalue weighted by Gasteiger charge is 2.30. The lowest BCUT2D eigenvalue weighted by molar-refractivity contribution is 0.142. The SMILES string of the molecule is CC[C@H]1CC[C@H]([C@H]2CC[C@H](CCc3ccc(F)nc3F)CC2)CC1. The fourth-order valence-corrected chi connectivity index (χ4v) is 5.00. The first-order chi connectivity index (χ1) is 11.7. The number of rotatable bonds is 5. The van der Waals surface area contributed by atoms with Crippen molar-refractivity contribution in [1.29, 1.82) is 0 Å². The predicted molar refractivity (Wildman–Crippen MR) is 93.7 cm³/mol. The molecule has 0 saturated heterocycles. The fraction of sp³-hybridized carbons (Fsp3) is 0.762. The maximum absolute atomic E-state index is 13.6. The molecule has 3 rings (SSSR count). The van der Waals surface area contributed by atoms with Crippen LogP contribution in [0, 0.1) is 35.6 Å². The summed E-state index contributed by atoms with van der Waals surface area (Å²) < 4.78 is 26.5. The second-order valence-electron chi connectivity index (χ2n) is 8.09. The Kier molecular flexibility index (Phi) is 6.24. The highest BCUT2D eigenvalue weighted by atomic mass is 19.1. The Balaban J connectivity index is 1.41. The number of hydrogen-bond donors (Lipinski definition) is 0. The monoisotopic (exact) mass is 335 g/mol. The van der Waals surface area contributed by atoms with E-state index in [2.05, 4.69) is 11.9 Å². The summed E-state index contributed by atoms with van der Waals surface area (Å²) >= 11 is 0. The summed E-state index contributed by atoms with van der Waals surface area (Å²) in [7, 11) is 0. The average Bonchev–Trinajstić information content (AvgIpc) is 2.62. The lowest BCUT2D eigenvalue weighted by Crippen LogP contribution is -2.25. The Hall–Kier alpha value is -0.990. The van der Waals surface area contributed by atoms with Gasteiger partial charge in [0, 0.05) is 5.56 Å². The Morgan fingerprint density at radius 2 is 1.46 bits per heavy atom. The molecule has 2 fully saturated rings. The van der Waals surface area contributed by atoms with Crippen LogP contribution in [-0.2, 0) is 6.42 Å². The van der Waals surface area contributed by atoms with Crippen LogP contribution in [0.25, 0.3) is 0 Å². The van der Waals surface area contributed by atoms with Crippen LogP contribution in [0.5, 0.6) is 0 Å².